The molecule has 2 heterocycles. The molecule has 2 saturated heterocycles. The second-order valence-corrected chi connectivity index (χ2v) is 6.86. The zero-order chi connectivity index (χ0) is 12.1. The average molecular weight is 246 g/mol. The molecule has 1 amide bonds. The predicted octanol–water partition coefficient (Wildman–Crippen LogP) is -0.209. The van der Waals surface area contributed by atoms with Crippen molar-refractivity contribution in [1.82, 2.24) is 9.62 Å². The minimum absolute atomic E-state index is 0.00206. The number of rotatable bonds is 2. The van der Waals surface area contributed by atoms with Gasteiger partial charge in [0.15, 0.2) is 0 Å². The molecule has 3 atom stereocenters. The van der Waals surface area contributed by atoms with Crippen molar-refractivity contribution in [2.45, 2.75) is 32.4 Å². The van der Waals surface area contributed by atoms with Crippen molar-refractivity contribution >= 4 is 15.9 Å². The molecule has 0 spiro atoms. The number of hydrogen-bond donors (Lipinski definition) is 1. The first kappa shape index (κ1) is 11.9. The van der Waals surface area contributed by atoms with Gasteiger partial charge in [-0.1, -0.05) is 13.8 Å². The lowest BCUT2D eigenvalue weighted by atomic mass is 9.89. The summed E-state index contributed by atoms with van der Waals surface area (Å²) >= 11 is 0. The van der Waals surface area contributed by atoms with Gasteiger partial charge in [0.25, 0.3) is 0 Å². The molecule has 0 unspecified atom stereocenters. The van der Waals surface area contributed by atoms with Crippen LogP contribution < -0.4 is 5.32 Å². The standard InChI is InChI=1S/C10H18N2O3S/c1-6(2)8-9-7(4-5-11-9)12(10(8)13)16(3,14)15/h6-9,11H,4-5H2,1-3H3/t7-,8+,9-/m1/s1. The van der Waals surface area contributed by atoms with Crippen LogP contribution in [0.1, 0.15) is 20.3 Å². The molecule has 5 nitrogen and oxygen atoms in total. The van der Waals surface area contributed by atoms with E-state index in [2.05, 4.69) is 5.32 Å². The van der Waals surface area contributed by atoms with Gasteiger partial charge in [-0.15, -0.1) is 0 Å². The van der Waals surface area contributed by atoms with E-state index >= 15 is 0 Å². The van der Waals surface area contributed by atoms with E-state index in [9.17, 15) is 13.2 Å². The lowest BCUT2D eigenvalue weighted by Crippen LogP contribution is -2.39. The Labute approximate surface area is 96.2 Å². The van der Waals surface area contributed by atoms with E-state index in [-0.39, 0.29) is 29.8 Å². The molecule has 6 heteroatoms. The second-order valence-electron chi connectivity index (χ2n) is 5.00. The highest BCUT2D eigenvalue weighted by molar-refractivity contribution is 7.88. The van der Waals surface area contributed by atoms with Crippen LogP contribution in [-0.4, -0.2) is 43.5 Å². The zero-order valence-electron chi connectivity index (χ0n) is 9.80. The highest BCUT2D eigenvalue weighted by atomic mass is 32.2. The molecule has 0 aromatic rings. The van der Waals surface area contributed by atoms with Crippen molar-refractivity contribution in [2.24, 2.45) is 11.8 Å². The topological polar surface area (TPSA) is 66.5 Å². The van der Waals surface area contributed by atoms with E-state index in [0.29, 0.717) is 0 Å². The molecule has 0 saturated carbocycles. The normalized spacial score (nSPS) is 34.9. The lowest BCUT2D eigenvalue weighted by Gasteiger charge is -2.20. The number of nitrogens with zero attached hydrogens (tertiary/aromatic N) is 1. The summed E-state index contributed by atoms with van der Waals surface area (Å²) in [7, 11) is -3.43. The molecule has 0 aromatic carbocycles. The maximum atomic E-state index is 12.1. The van der Waals surface area contributed by atoms with Crippen LogP contribution in [0.2, 0.25) is 0 Å². The van der Waals surface area contributed by atoms with Gasteiger partial charge in [-0.3, -0.25) is 4.79 Å². The van der Waals surface area contributed by atoms with Crippen LogP contribution in [0, 0.1) is 11.8 Å². The summed E-state index contributed by atoms with van der Waals surface area (Å²) in [6.07, 6.45) is 1.84. The smallest absolute Gasteiger partial charge is 0.241 e. The molecule has 0 bridgehead atoms. The third-order valence-electron chi connectivity index (χ3n) is 3.50. The van der Waals surface area contributed by atoms with Gasteiger partial charge < -0.3 is 5.32 Å². The molecular formula is C10H18N2O3S. The highest BCUT2D eigenvalue weighted by Gasteiger charge is 2.54. The Balaban J connectivity index is 2.39. The maximum Gasteiger partial charge on any atom is 0.241 e. The third-order valence-corrected chi connectivity index (χ3v) is 4.67. The van der Waals surface area contributed by atoms with Gasteiger partial charge in [0, 0.05) is 6.04 Å². The SMILES string of the molecule is CC(C)[C@@H]1C(=O)N(S(C)(=O)=O)[C@@H]2CCN[C@H]21. The molecule has 92 valence electrons. The Morgan fingerprint density at radius 1 is 1.44 bits per heavy atom. The van der Waals surface area contributed by atoms with Crippen LogP contribution in [0.4, 0.5) is 0 Å². The number of carbonyl (C=O) groups is 1. The van der Waals surface area contributed by atoms with Gasteiger partial charge in [-0.2, -0.15) is 0 Å². The fourth-order valence-electron chi connectivity index (χ4n) is 2.92. The predicted molar refractivity (Wildman–Crippen MR) is 60.2 cm³/mol. The van der Waals surface area contributed by atoms with Crippen molar-refractivity contribution in [3.8, 4) is 0 Å². The fourth-order valence-corrected chi connectivity index (χ4v) is 4.09. The van der Waals surface area contributed by atoms with Crippen LogP contribution >= 0.6 is 0 Å². The Kier molecular flexibility index (Phi) is 2.74. The maximum absolute atomic E-state index is 12.1. The van der Waals surface area contributed by atoms with E-state index in [1.54, 1.807) is 0 Å². The fraction of sp³-hybridized carbons (Fsp3) is 0.900. The van der Waals surface area contributed by atoms with E-state index in [0.717, 1.165) is 23.5 Å². The monoisotopic (exact) mass is 246 g/mol. The number of hydrogen-bond acceptors (Lipinski definition) is 4. The molecule has 2 aliphatic heterocycles. The minimum atomic E-state index is -3.43. The van der Waals surface area contributed by atoms with Crippen molar-refractivity contribution in [1.29, 1.82) is 0 Å². The molecule has 2 aliphatic rings. The Morgan fingerprint density at radius 3 is 2.56 bits per heavy atom. The largest absolute Gasteiger partial charge is 0.311 e. The van der Waals surface area contributed by atoms with E-state index in [1.165, 1.54) is 0 Å². The summed E-state index contributed by atoms with van der Waals surface area (Å²) in [5.41, 5.74) is 0. The Morgan fingerprint density at radius 2 is 2.06 bits per heavy atom. The summed E-state index contributed by atoms with van der Waals surface area (Å²) in [5, 5.41) is 3.26. The van der Waals surface area contributed by atoms with E-state index < -0.39 is 10.0 Å². The van der Waals surface area contributed by atoms with Crippen molar-refractivity contribution in [2.75, 3.05) is 12.8 Å². The average Bonchev–Trinajstić information content (AvgIpc) is 2.58. The molecule has 2 rings (SSSR count). The van der Waals surface area contributed by atoms with E-state index in [4.69, 9.17) is 0 Å². The molecule has 0 radical (unpaired) electrons. The Hall–Kier alpha value is -0.620. The van der Waals surface area contributed by atoms with Gasteiger partial charge in [0.2, 0.25) is 15.9 Å². The van der Waals surface area contributed by atoms with Crippen LogP contribution in [0.3, 0.4) is 0 Å². The molecule has 16 heavy (non-hydrogen) atoms. The molecular weight excluding hydrogens is 228 g/mol. The third kappa shape index (κ3) is 1.64. The molecule has 0 aromatic heterocycles. The molecule has 1 N–H and O–H groups in total. The van der Waals surface area contributed by atoms with Gasteiger partial charge in [0.1, 0.15) is 0 Å². The van der Waals surface area contributed by atoms with E-state index in [1.807, 2.05) is 13.8 Å². The Bertz CT molecular complexity index is 404. The number of fused-ring (bicyclic) bond motifs is 1. The highest BCUT2D eigenvalue weighted by Crippen LogP contribution is 2.36. The number of nitrogens with one attached hydrogen (secondary N) is 1. The summed E-state index contributed by atoms with van der Waals surface area (Å²) in [6, 6.07) is -0.169. The van der Waals surface area contributed by atoms with Crippen LogP contribution in [0.25, 0.3) is 0 Å². The first-order chi connectivity index (χ1) is 7.34. The first-order valence-electron chi connectivity index (χ1n) is 5.60. The van der Waals surface area contributed by atoms with Gasteiger partial charge in [-0.25, -0.2) is 12.7 Å². The first-order valence-corrected chi connectivity index (χ1v) is 7.45. The quantitative estimate of drug-likeness (QED) is 0.732. The summed E-state index contributed by atoms with van der Waals surface area (Å²) in [4.78, 5) is 12.1. The minimum Gasteiger partial charge on any atom is -0.311 e. The van der Waals surface area contributed by atoms with Gasteiger partial charge in [-0.05, 0) is 18.9 Å². The molecule has 2 fully saturated rings. The van der Waals surface area contributed by atoms with Crippen molar-refractivity contribution in [3.63, 3.8) is 0 Å². The van der Waals surface area contributed by atoms with Crippen LogP contribution in [-0.2, 0) is 14.8 Å². The second kappa shape index (κ2) is 3.70. The molecule has 0 aliphatic carbocycles. The number of carbonyl (C=O) groups excluding carboxylic acids is 1. The zero-order valence-corrected chi connectivity index (χ0v) is 10.6. The van der Waals surface area contributed by atoms with Crippen LogP contribution in [0.15, 0.2) is 0 Å². The summed E-state index contributed by atoms with van der Waals surface area (Å²) in [6.45, 7) is 4.72. The number of amides is 1. The lowest BCUT2D eigenvalue weighted by molar-refractivity contribution is -0.128. The summed E-state index contributed by atoms with van der Waals surface area (Å²) in [5.74, 6) is -0.278. The van der Waals surface area contributed by atoms with Crippen molar-refractivity contribution < 1.29 is 13.2 Å². The van der Waals surface area contributed by atoms with Crippen molar-refractivity contribution in [3.05, 3.63) is 0 Å². The van der Waals surface area contributed by atoms with Gasteiger partial charge in [0.05, 0.1) is 18.2 Å². The van der Waals surface area contributed by atoms with Gasteiger partial charge >= 0.3 is 0 Å². The summed E-state index contributed by atoms with van der Waals surface area (Å²) < 4.78 is 24.4. The van der Waals surface area contributed by atoms with Crippen LogP contribution in [0.5, 0.6) is 0 Å². The number of sulfonamides is 1.